The van der Waals surface area contributed by atoms with E-state index in [0.717, 1.165) is 12.8 Å². The van der Waals surface area contributed by atoms with E-state index >= 15 is 0 Å². The average molecular weight is 279 g/mol. The van der Waals surface area contributed by atoms with Gasteiger partial charge in [0.2, 0.25) is 0 Å². The topological polar surface area (TPSA) is 47.6 Å². The first-order valence-corrected chi connectivity index (χ1v) is 7.00. The summed E-state index contributed by atoms with van der Waals surface area (Å²) in [6.45, 7) is 6.40. The highest BCUT2D eigenvalue weighted by molar-refractivity contribution is 5.95. The Morgan fingerprint density at radius 3 is 2.30 bits per heavy atom. The van der Waals surface area contributed by atoms with E-state index in [1.807, 2.05) is 6.92 Å². The number of ether oxygens (including phenoxy) is 2. The molecule has 0 saturated heterocycles. The second-order valence-electron chi connectivity index (χ2n) is 5.42. The molecule has 0 aliphatic heterocycles. The van der Waals surface area contributed by atoms with Gasteiger partial charge in [-0.2, -0.15) is 0 Å². The number of carbonyl (C=O) groups is 1. The SMILES string of the molecule is COc1ccc(C(=O)NC(C)CCC(C)C)cc1OC. The molecule has 1 unspecified atom stereocenters. The van der Waals surface area contributed by atoms with Gasteiger partial charge in [-0.15, -0.1) is 0 Å². The predicted octanol–water partition coefficient (Wildman–Crippen LogP) is 3.26. The molecular formula is C16H25NO3. The molecule has 0 heterocycles. The van der Waals surface area contributed by atoms with Crippen LogP contribution in [0.3, 0.4) is 0 Å². The Kier molecular flexibility index (Phi) is 6.36. The Morgan fingerprint density at radius 2 is 1.75 bits per heavy atom. The van der Waals surface area contributed by atoms with Gasteiger partial charge in [-0.3, -0.25) is 4.79 Å². The first-order chi connectivity index (χ1) is 9.47. The average Bonchev–Trinajstić information content (AvgIpc) is 2.44. The fourth-order valence-corrected chi connectivity index (χ4v) is 1.94. The Morgan fingerprint density at radius 1 is 1.10 bits per heavy atom. The van der Waals surface area contributed by atoms with E-state index in [1.54, 1.807) is 32.4 Å². The summed E-state index contributed by atoms with van der Waals surface area (Å²) in [6.07, 6.45) is 2.09. The van der Waals surface area contributed by atoms with Crippen molar-refractivity contribution in [3.8, 4) is 11.5 Å². The van der Waals surface area contributed by atoms with Gasteiger partial charge in [0.1, 0.15) is 0 Å². The van der Waals surface area contributed by atoms with Gasteiger partial charge >= 0.3 is 0 Å². The van der Waals surface area contributed by atoms with Gasteiger partial charge in [-0.1, -0.05) is 13.8 Å². The third-order valence-corrected chi connectivity index (χ3v) is 3.20. The predicted molar refractivity (Wildman–Crippen MR) is 80.5 cm³/mol. The molecule has 1 rings (SSSR count). The van der Waals surface area contributed by atoms with Gasteiger partial charge in [0.05, 0.1) is 14.2 Å². The minimum absolute atomic E-state index is 0.0813. The molecule has 1 aromatic carbocycles. The molecule has 1 N–H and O–H groups in total. The molecule has 0 aliphatic rings. The normalized spacial score (nSPS) is 12.1. The minimum Gasteiger partial charge on any atom is -0.493 e. The number of hydrogen-bond donors (Lipinski definition) is 1. The molecule has 0 spiro atoms. The van der Waals surface area contributed by atoms with Gasteiger partial charge in [0, 0.05) is 11.6 Å². The van der Waals surface area contributed by atoms with E-state index in [-0.39, 0.29) is 11.9 Å². The molecule has 4 heteroatoms. The Bertz CT molecular complexity index is 443. The van der Waals surface area contributed by atoms with Gasteiger partial charge in [-0.05, 0) is 43.9 Å². The number of carbonyl (C=O) groups excluding carboxylic acids is 1. The summed E-state index contributed by atoms with van der Waals surface area (Å²) in [7, 11) is 3.14. The standard InChI is InChI=1S/C16H25NO3/c1-11(2)6-7-12(3)17-16(18)13-8-9-14(19-4)15(10-13)20-5/h8-12H,6-7H2,1-5H3,(H,17,18). The molecule has 4 nitrogen and oxygen atoms in total. The van der Waals surface area contributed by atoms with Crippen molar-refractivity contribution in [1.82, 2.24) is 5.32 Å². The van der Waals surface area contributed by atoms with E-state index in [2.05, 4.69) is 19.2 Å². The monoisotopic (exact) mass is 279 g/mol. The van der Waals surface area contributed by atoms with Crippen molar-refractivity contribution in [2.45, 2.75) is 39.7 Å². The molecule has 0 aromatic heterocycles. The van der Waals surface area contributed by atoms with Crippen molar-refractivity contribution in [3.63, 3.8) is 0 Å². The fraction of sp³-hybridized carbons (Fsp3) is 0.562. The van der Waals surface area contributed by atoms with Gasteiger partial charge in [-0.25, -0.2) is 0 Å². The van der Waals surface area contributed by atoms with Crippen molar-refractivity contribution >= 4 is 5.91 Å². The lowest BCUT2D eigenvalue weighted by atomic mass is 10.0. The number of benzene rings is 1. The van der Waals surface area contributed by atoms with Crippen LogP contribution < -0.4 is 14.8 Å². The van der Waals surface area contributed by atoms with Crippen molar-refractivity contribution in [2.24, 2.45) is 5.92 Å². The molecule has 20 heavy (non-hydrogen) atoms. The first kappa shape index (κ1) is 16.3. The van der Waals surface area contributed by atoms with Crippen LogP contribution in [0.15, 0.2) is 18.2 Å². The van der Waals surface area contributed by atoms with Crippen LogP contribution >= 0.6 is 0 Å². The van der Waals surface area contributed by atoms with Crippen LogP contribution in [0.1, 0.15) is 44.0 Å². The third-order valence-electron chi connectivity index (χ3n) is 3.20. The van der Waals surface area contributed by atoms with Crippen LogP contribution in [0, 0.1) is 5.92 Å². The highest BCUT2D eigenvalue weighted by Crippen LogP contribution is 2.27. The number of methoxy groups -OCH3 is 2. The molecule has 0 aliphatic carbocycles. The maximum absolute atomic E-state index is 12.2. The fourth-order valence-electron chi connectivity index (χ4n) is 1.94. The summed E-state index contributed by atoms with van der Waals surface area (Å²) in [6, 6.07) is 5.35. The van der Waals surface area contributed by atoms with Gasteiger partial charge in [0.25, 0.3) is 5.91 Å². The van der Waals surface area contributed by atoms with Gasteiger partial charge < -0.3 is 14.8 Å². The Hall–Kier alpha value is -1.71. The summed E-state index contributed by atoms with van der Waals surface area (Å²) in [5.74, 6) is 1.75. The maximum atomic E-state index is 12.2. The van der Waals surface area contributed by atoms with Gasteiger partial charge in [0.15, 0.2) is 11.5 Å². The third kappa shape index (κ3) is 4.76. The minimum atomic E-state index is -0.0813. The van der Waals surface area contributed by atoms with Crippen molar-refractivity contribution in [2.75, 3.05) is 14.2 Å². The van der Waals surface area contributed by atoms with Crippen LogP contribution in [-0.4, -0.2) is 26.2 Å². The molecule has 0 saturated carbocycles. The van der Waals surface area contributed by atoms with Crippen LogP contribution in [-0.2, 0) is 0 Å². The van der Waals surface area contributed by atoms with Crippen LogP contribution in [0.4, 0.5) is 0 Å². The molecule has 0 bridgehead atoms. The summed E-state index contributed by atoms with van der Waals surface area (Å²) >= 11 is 0. The molecule has 1 atom stereocenters. The highest BCUT2D eigenvalue weighted by Gasteiger charge is 2.13. The molecule has 0 radical (unpaired) electrons. The van der Waals surface area contributed by atoms with E-state index in [0.29, 0.717) is 23.0 Å². The first-order valence-electron chi connectivity index (χ1n) is 7.00. The van der Waals surface area contributed by atoms with Crippen LogP contribution in [0.5, 0.6) is 11.5 Å². The zero-order valence-corrected chi connectivity index (χ0v) is 13.0. The van der Waals surface area contributed by atoms with Crippen molar-refractivity contribution < 1.29 is 14.3 Å². The maximum Gasteiger partial charge on any atom is 0.251 e. The second-order valence-corrected chi connectivity index (χ2v) is 5.42. The summed E-state index contributed by atoms with van der Waals surface area (Å²) in [5, 5.41) is 3.01. The molecule has 1 aromatic rings. The van der Waals surface area contributed by atoms with Crippen molar-refractivity contribution in [3.05, 3.63) is 23.8 Å². The Labute approximate surface area is 121 Å². The van der Waals surface area contributed by atoms with Crippen molar-refractivity contribution in [1.29, 1.82) is 0 Å². The second kappa shape index (κ2) is 7.78. The lowest BCUT2D eigenvalue weighted by molar-refractivity contribution is 0.0937. The molecular weight excluding hydrogens is 254 g/mol. The van der Waals surface area contributed by atoms with E-state index in [4.69, 9.17) is 9.47 Å². The quantitative estimate of drug-likeness (QED) is 0.833. The zero-order chi connectivity index (χ0) is 15.1. The largest absolute Gasteiger partial charge is 0.493 e. The zero-order valence-electron chi connectivity index (χ0n) is 13.0. The molecule has 1 amide bonds. The lowest BCUT2D eigenvalue weighted by Crippen LogP contribution is -2.32. The summed E-state index contributed by atoms with van der Waals surface area (Å²) in [5.41, 5.74) is 0.582. The van der Waals surface area contributed by atoms with Crippen LogP contribution in [0.25, 0.3) is 0 Å². The van der Waals surface area contributed by atoms with E-state index in [9.17, 15) is 4.79 Å². The summed E-state index contributed by atoms with van der Waals surface area (Å²) in [4.78, 5) is 12.2. The molecule has 0 fully saturated rings. The van der Waals surface area contributed by atoms with E-state index < -0.39 is 0 Å². The molecule has 112 valence electrons. The smallest absolute Gasteiger partial charge is 0.251 e. The number of nitrogens with one attached hydrogen (secondary N) is 1. The number of amides is 1. The van der Waals surface area contributed by atoms with E-state index in [1.165, 1.54) is 0 Å². The number of rotatable bonds is 7. The van der Waals surface area contributed by atoms with Crippen LogP contribution in [0.2, 0.25) is 0 Å². The summed E-state index contributed by atoms with van der Waals surface area (Å²) < 4.78 is 10.4. The number of hydrogen-bond acceptors (Lipinski definition) is 3. The Balaban J connectivity index is 2.67. The highest BCUT2D eigenvalue weighted by atomic mass is 16.5. The lowest BCUT2D eigenvalue weighted by Gasteiger charge is -2.16.